The number of nitriles is 1. The molecule has 0 spiro atoms. The smallest absolute Gasteiger partial charge is 0.446 e. The number of nitro benzene ring substituents is 1. The lowest BCUT2D eigenvalue weighted by Gasteiger charge is -2.10. The van der Waals surface area contributed by atoms with Crippen LogP contribution >= 0.6 is 11.8 Å². The molecule has 0 fully saturated rings. The van der Waals surface area contributed by atoms with Crippen molar-refractivity contribution < 1.29 is 27.6 Å². The quantitative estimate of drug-likeness (QED) is 0.369. The van der Waals surface area contributed by atoms with Gasteiger partial charge in [0.25, 0.3) is 5.69 Å². The number of ether oxygens (including phenoxy) is 1. The molecule has 0 heterocycles. The van der Waals surface area contributed by atoms with Crippen molar-refractivity contribution in [2.24, 2.45) is 0 Å². The van der Waals surface area contributed by atoms with Gasteiger partial charge >= 0.3 is 11.5 Å². The lowest BCUT2D eigenvalue weighted by molar-refractivity contribution is -0.387. The Morgan fingerprint density at radius 2 is 2.10 bits per heavy atom. The minimum Gasteiger partial charge on any atom is -0.465 e. The Kier molecular flexibility index (Phi) is 4.57. The number of carbonyl (C=O) groups excluding carboxylic acids is 1. The van der Waals surface area contributed by atoms with E-state index in [1.807, 2.05) is 0 Å². The second-order valence-electron chi connectivity index (χ2n) is 3.28. The number of hydrogen-bond acceptors (Lipinski definition) is 6. The maximum atomic E-state index is 12.4. The normalized spacial score (nSPS) is 10.8. The molecule has 0 aromatic heterocycles. The number of halogens is 3. The minimum atomic E-state index is -4.83. The van der Waals surface area contributed by atoms with Gasteiger partial charge < -0.3 is 4.74 Å². The van der Waals surface area contributed by atoms with Crippen LogP contribution in [0.1, 0.15) is 15.9 Å². The highest BCUT2D eigenvalue weighted by atomic mass is 32.2. The zero-order chi connectivity index (χ0) is 15.5. The van der Waals surface area contributed by atoms with Crippen LogP contribution in [0, 0.1) is 21.4 Å². The fraction of sp³-hybridized carbons (Fsp3) is 0.200. The van der Waals surface area contributed by atoms with E-state index < -0.39 is 44.3 Å². The average molecular weight is 306 g/mol. The van der Waals surface area contributed by atoms with Gasteiger partial charge in [0.1, 0.15) is 4.90 Å². The summed E-state index contributed by atoms with van der Waals surface area (Å²) in [6.07, 6.45) is 0. The molecule has 0 saturated heterocycles. The summed E-state index contributed by atoms with van der Waals surface area (Å²) in [7, 11) is 0.912. The van der Waals surface area contributed by atoms with Crippen LogP contribution in [0.2, 0.25) is 0 Å². The van der Waals surface area contributed by atoms with E-state index in [0.717, 1.165) is 13.2 Å². The second kappa shape index (κ2) is 5.79. The largest absolute Gasteiger partial charge is 0.465 e. The van der Waals surface area contributed by atoms with Gasteiger partial charge in [-0.1, -0.05) is 0 Å². The zero-order valence-corrected chi connectivity index (χ0v) is 10.5. The predicted octanol–water partition coefficient (Wildman–Crippen LogP) is 2.86. The minimum absolute atomic E-state index is 0.316. The summed E-state index contributed by atoms with van der Waals surface area (Å²) in [4.78, 5) is 20.2. The van der Waals surface area contributed by atoms with Crippen LogP contribution in [0.3, 0.4) is 0 Å². The van der Waals surface area contributed by atoms with Gasteiger partial charge in [0.2, 0.25) is 0 Å². The third kappa shape index (κ3) is 3.61. The fourth-order valence-electron chi connectivity index (χ4n) is 1.30. The molecular weight excluding hydrogens is 301 g/mol. The van der Waals surface area contributed by atoms with Crippen molar-refractivity contribution in [3.8, 4) is 6.07 Å². The van der Waals surface area contributed by atoms with Crippen LogP contribution in [-0.4, -0.2) is 23.5 Å². The van der Waals surface area contributed by atoms with Crippen LogP contribution in [-0.2, 0) is 4.74 Å². The SMILES string of the molecule is COC(=O)c1cc(C#N)cc([N+](=O)[O-])c1SC(F)(F)F. The van der Waals surface area contributed by atoms with Gasteiger partial charge in [-0.3, -0.25) is 10.1 Å². The molecule has 0 atom stereocenters. The van der Waals surface area contributed by atoms with Gasteiger partial charge in [-0.25, -0.2) is 4.79 Å². The Morgan fingerprint density at radius 1 is 1.50 bits per heavy atom. The second-order valence-corrected chi connectivity index (χ2v) is 4.36. The summed E-state index contributed by atoms with van der Waals surface area (Å²) in [6, 6.07) is 3.01. The number of alkyl halides is 3. The van der Waals surface area contributed by atoms with E-state index in [2.05, 4.69) is 4.74 Å². The lowest BCUT2D eigenvalue weighted by Crippen LogP contribution is -2.09. The topological polar surface area (TPSA) is 93.2 Å². The van der Waals surface area contributed by atoms with Gasteiger partial charge in [-0.15, -0.1) is 0 Å². The Bertz CT molecular complexity index is 610. The summed E-state index contributed by atoms with van der Waals surface area (Å²) in [5, 5.41) is 19.5. The van der Waals surface area contributed by atoms with E-state index in [-0.39, 0.29) is 5.56 Å². The molecule has 0 N–H and O–H groups in total. The summed E-state index contributed by atoms with van der Waals surface area (Å²) in [6.45, 7) is 0. The molecule has 20 heavy (non-hydrogen) atoms. The molecule has 0 bridgehead atoms. The first-order chi connectivity index (χ1) is 9.19. The van der Waals surface area contributed by atoms with E-state index in [1.54, 1.807) is 0 Å². The first kappa shape index (κ1) is 15.8. The number of methoxy groups -OCH3 is 1. The van der Waals surface area contributed by atoms with E-state index in [4.69, 9.17) is 5.26 Å². The highest BCUT2D eigenvalue weighted by Crippen LogP contribution is 2.43. The van der Waals surface area contributed by atoms with Crippen molar-refractivity contribution in [1.29, 1.82) is 5.26 Å². The molecule has 6 nitrogen and oxygen atoms in total. The van der Waals surface area contributed by atoms with Crippen molar-refractivity contribution in [2.45, 2.75) is 10.4 Å². The van der Waals surface area contributed by atoms with E-state index in [0.29, 0.717) is 6.07 Å². The lowest BCUT2D eigenvalue weighted by atomic mass is 10.1. The first-order valence-electron chi connectivity index (χ1n) is 4.76. The van der Waals surface area contributed by atoms with Crippen LogP contribution in [0.25, 0.3) is 0 Å². The molecule has 0 aliphatic carbocycles. The van der Waals surface area contributed by atoms with Crippen molar-refractivity contribution in [1.82, 2.24) is 0 Å². The van der Waals surface area contributed by atoms with Crippen LogP contribution in [0.5, 0.6) is 0 Å². The van der Waals surface area contributed by atoms with Crippen molar-refractivity contribution >= 4 is 23.4 Å². The van der Waals surface area contributed by atoms with Gasteiger partial charge in [0, 0.05) is 6.07 Å². The highest BCUT2D eigenvalue weighted by Gasteiger charge is 2.36. The first-order valence-corrected chi connectivity index (χ1v) is 5.58. The Morgan fingerprint density at radius 3 is 2.50 bits per heavy atom. The Labute approximate surface area is 114 Å². The van der Waals surface area contributed by atoms with Crippen LogP contribution in [0.4, 0.5) is 18.9 Å². The maximum absolute atomic E-state index is 12.4. The van der Waals surface area contributed by atoms with Crippen LogP contribution < -0.4 is 0 Å². The van der Waals surface area contributed by atoms with Gasteiger partial charge in [-0.2, -0.15) is 18.4 Å². The maximum Gasteiger partial charge on any atom is 0.446 e. The number of rotatable bonds is 3. The fourth-order valence-corrected chi connectivity index (χ4v) is 2.02. The number of esters is 1. The molecule has 0 radical (unpaired) electrons. The number of nitrogens with zero attached hydrogens (tertiary/aromatic N) is 2. The summed E-state index contributed by atoms with van der Waals surface area (Å²) in [5.74, 6) is -1.20. The molecule has 0 saturated carbocycles. The molecule has 1 aromatic rings. The van der Waals surface area contributed by atoms with E-state index >= 15 is 0 Å². The third-order valence-corrected chi connectivity index (χ3v) is 2.88. The van der Waals surface area contributed by atoms with E-state index in [1.165, 1.54) is 6.07 Å². The molecule has 106 valence electrons. The number of hydrogen-bond donors (Lipinski definition) is 0. The number of nitro groups is 1. The number of benzene rings is 1. The van der Waals surface area contributed by atoms with Gasteiger partial charge in [0.05, 0.1) is 29.2 Å². The molecule has 10 heteroatoms. The zero-order valence-electron chi connectivity index (χ0n) is 9.72. The molecular formula is C10H5F3N2O4S. The van der Waals surface area contributed by atoms with E-state index in [9.17, 15) is 28.1 Å². The van der Waals surface area contributed by atoms with Crippen molar-refractivity contribution in [2.75, 3.05) is 7.11 Å². The van der Waals surface area contributed by atoms with Crippen LogP contribution in [0.15, 0.2) is 17.0 Å². The number of carbonyl (C=O) groups is 1. The summed E-state index contributed by atoms with van der Waals surface area (Å²) >= 11 is -0.807. The molecule has 0 amide bonds. The molecule has 0 unspecified atom stereocenters. The summed E-state index contributed by atoms with van der Waals surface area (Å²) < 4.78 is 41.6. The monoisotopic (exact) mass is 306 g/mol. The Balaban J connectivity index is 3.61. The molecule has 0 aliphatic heterocycles. The molecule has 1 rings (SSSR count). The third-order valence-electron chi connectivity index (χ3n) is 2.02. The summed E-state index contributed by atoms with van der Waals surface area (Å²) in [5.41, 5.74) is -6.81. The van der Waals surface area contributed by atoms with Crippen molar-refractivity contribution in [3.63, 3.8) is 0 Å². The molecule has 0 aliphatic rings. The molecule has 1 aromatic carbocycles. The van der Waals surface area contributed by atoms with Gasteiger partial charge in [0.15, 0.2) is 0 Å². The van der Waals surface area contributed by atoms with Gasteiger partial charge in [-0.05, 0) is 17.8 Å². The average Bonchev–Trinajstić information content (AvgIpc) is 2.35. The highest BCUT2D eigenvalue weighted by molar-refractivity contribution is 8.00. The van der Waals surface area contributed by atoms with Crippen molar-refractivity contribution in [3.05, 3.63) is 33.4 Å². The predicted molar refractivity (Wildman–Crippen MR) is 61.1 cm³/mol. The number of thioether (sulfide) groups is 1. The standard InChI is InChI=1S/C10H5F3N2O4S/c1-19-9(16)6-2-5(4-14)3-7(15(17)18)8(6)20-10(11,12)13/h2-3H,1H3. The Hall–Kier alpha value is -2.28.